The lowest BCUT2D eigenvalue weighted by Gasteiger charge is -2.34. The molecule has 3 aromatic rings. The van der Waals surface area contributed by atoms with Gasteiger partial charge in [0, 0.05) is 52.2 Å². The fourth-order valence-corrected chi connectivity index (χ4v) is 4.47. The number of carbonyl (C=O) groups is 1. The number of likely N-dealkylation sites (N-methyl/N-ethyl adjacent to an activating group) is 1. The van der Waals surface area contributed by atoms with Crippen molar-refractivity contribution in [2.24, 2.45) is 7.05 Å². The first-order chi connectivity index (χ1) is 15.1. The smallest absolute Gasteiger partial charge is 0.287 e. The average molecular weight is 440 g/mol. The molecule has 0 aliphatic carbocycles. The van der Waals surface area contributed by atoms with E-state index < -0.39 is 0 Å². The summed E-state index contributed by atoms with van der Waals surface area (Å²) in [5, 5.41) is 4.10. The molecule has 164 valence electrons. The summed E-state index contributed by atoms with van der Waals surface area (Å²) in [6, 6.07) is 13.7. The fraction of sp³-hybridized carbons (Fsp3) is 0.391. The zero-order valence-corrected chi connectivity index (χ0v) is 18.8. The van der Waals surface area contributed by atoms with Crippen molar-refractivity contribution < 1.29 is 9.21 Å². The lowest BCUT2D eigenvalue weighted by molar-refractivity contribution is 0.0878. The molecular formula is C23H29N5O2S. The van der Waals surface area contributed by atoms with Gasteiger partial charge in [0.05, 0.1) is 11.8 Å². The Labute approximate surface area is 187 Å². The molecule has 7 nitrogen and oxygen atoms in total. The van der Waals surface area contributed by atoms with Crippen LogP contribution in [0.25, 0.3) is 0 Å². The van der Waals surface area contributed by atoms with E-state index in [9.17, 15) is 4.79 Å². The van der Waals surface area contributed by atoms with Gasteiger partial charge in [-0.3, -0.25) is 9.69 Å². The van der Waals surface area contributed by atoms with E-state index in [-0.39, 0.29) is 11.9 Å². The highest BCUT2D eigenvalue weighted by atomic mass is 32.2. The third kappa shape index (κ3) is 5.78. The van der Waals surface area contributed by atoms with Crippen LogP contribution in [0, 0.1) is 0 Å². The summed E-state index contributed by atoms with van der Waals surface area (Å²) in [6.45, 7) is 4.89. The zero-order chi connectivity index (χ0) is 21.6. The molecule has 1 unspecified atom stereocenters. The van der Waals surface area contributed by atoms with Gasteiger partial charge in [0.25, 0.3) is 5.91 Å². The number of benzene rings is 1. The number of rotatable bonds is 8. The first-order valence-electron chi connectivity index (χ1n) is 10.5. The molecule has 2 aromatic heterocycles. The van der Waals surface area contributed by atoms with Crippen LogP contribution in [-0.2, 0) is 12.8 Å². The van der Waals surface area contributed by atoms with Gasteiger partial charge < -0.3 is 19.2 Å². The Morgan fingerprint density at radius 3 is 2.61 bits per heavy atom. The standard InChI is InChI=1S/C23H29N5O2S/c1-26-12-14-28(15-13-26)16-20(18-6-4-3-5-7-18)25-22(29)21-9-8-19(30-21)17-31-23-24-10-11-27(23)2/h3-11,20H,12-17H2,1-2H3,(H,25,29). The summed E-state index contributed by atoms with van der Waals surface area (Å²) in [7, 11) is 4.11. The molecule has 1 aliphatic heterocycles. The Bertz CT molecular complexity index is 979. The van der Waals surface area contributed by atoms with Crippen LogP contribution in [0.3, 0.4) is 0 Å². The largest absolute Gasteiger partial charge is 0.455 e. The normalized spacial score (nSPS) is 16.3. The first kappa shape index (κ1) is 21.7. The predicted octanol–water partition coefficient (Wildman–Crippen LogP) is 3.02. The topological polar surface area (TPSA) is 66.5 Å². The SMILES string of the molecule is CN1CCN(CC(NC(=O)c2ccc(CSc3nccn3C)o2)c2ccccc2)CC1. The number of furan rings is 1. The number of hydrogen-bond acceptors (Lipinski definition) is 6. The van der Waals surface area contributed by atoms with Gasteiger partial charge in [-0.1, -0.05) is 42.1 Å². The van der Waals surface area contributed by atoms with Gasteiger partial charge in [0.15, 0.2) is 10.9 Å². The zero-order valence-electron chi connectivity index (χ0n) is 18.0. The van der Waals surface area contributed by atoms with E-state index in [2.05, 4.69) is 39.3 Å². The molecule has 0 spiro atoms. The van der Waals surface area contributed by atoms with E-state index in [0.717, 1.165) is 49.2 Å². The summed E-state index contributed by atoms with van der Waals surface area (Å²) in [6.07, 6.45) is 3.68. The molecule has 8 heteroatoms. The fourth-order valence-electron chi connectivity index (χ4n) is 3.64. The van der Waals surface area contributed by atoms with Crippen molar-refractivity contribution in [3.63, 3.8) is 0 Å². The van der Waals surface area contributed by atoms with Crippen molar-refractivity contribution in [3.05, 3.63) is 71.9 Å². The number of amides is 1. The molecule has 1 N–H and O–H groups in total. The van der Waals surface area contributed by atoms with Crippen LogP contribution in [0.4, 0.5) is 0 Å². The van der Waals surface area contributed by atoms with E-state index >= 15 is 0 Å². The van der Waals surface area contributed by atoms with Gasteiger partial charge in [-0.05, 0) is 24.7 Å². The second-order valence-corrected chi connectivity index (χ2v) is 8.86. The van der Waals surface area contributed by atoms with Crippen molar-refractivity contribution in [3.8, 4) is 0 Å². The van der Waals surface area contributed by atoms with Gasteiger partial charge in [-0.2, -0.15) is 0 Å². The summed E-state index contributed by atoms with van der Waals surface area (Å²) in [4.78, 5) is 22.0. The number of imidazole rings is 1. The van der Waals surface area contributed by atoms with Gasteiger partial charge in [0.2, 0.25) is 0 Å². The molecule has 31 heavy (non-hydrogen) atoms. The van der Waals surface area contributed by atoms with Crippen molar-refractivity contribution >= 4 is 17.7 Å². The van der Waals surface area contributed by atoms with Crippen LogP contribution in [0.1, 0.15) is 27.9 Å². The molecule has 1 aromatic carbocycles. The molecule has 1 amide bonds. The Morgan fingerprint density at radius 1 is 1.13 bits per heavy atom. The molecule has 0 radical (unpaired) electrons. The van der Waals surface area contributed by atoms with Crippen LogP contribution < -0.4 is 5.32 Å². The second-order valence-electron chi connectivity index (χ2n) is 7.92. The van der Waals surface area contributed by atoms with Crippen molar-refractivity contribution in [2.45, 2.75) is 17.0 Å². The van der Waals surface area contributed by atoms with Crippen molar-refractivity contribution in [2.75, 3.05) is 39.8 Å². The molecule has 1 atom stereocenters. The highest BCUT2D eigenvalue weighted by Gasteiger charge is 2.23. The third-order valence-electron chi connectivity index (χ3n) is 5.55. The van der Waals surface area contributed by atoms with E-state index in [1.807, 2.05) is 42.1 Å². The Morgan fingerprint density at radius 2 is 1.90 bits per heavy atom. The maximum Gasteiger partial charge on any atom is 0.287 e. The van der Waals surface area contributed by atoms with E-state index in [4.69, 9.17) is 4.42 Å². The van der Waals surface area contributed by atoms with Crippen LogP contribution in [0.5, 0.6) is 0 Å². The molecule has 0 bridgehead atoms. The lowest BCUT2D eigenvalue weighted by atomic mass is 10.1. The van der Waals surface area contributed by atoms with Gasteiger partial charge in [-0.25, -0.2) is 4.98 Å². The van der Waals surface area contributed by atoms with Crippen molar-refractivity contribution in [1.82, 2.24) is 24.7 Å². The highest BCUT2D eigenvalue weighted by Crippen LogP contribution is 2.22. The molecule has 1 fully saturated rings. The Kier molecular flexibility index (Phi) is 7.11. The minimum atomic E-state index is -0.184. The third-order valence-corrected chi connectivity index (χ3v) is 6.63. The monoisotopic (exact) mass is 439 g/mol. The summed E-state index contributed by atoms with van der Waals surface area (Å²) in [5.41, 5.74) is 1.10. The number of carbonyl (C=O) groups excluding carboxylic acids is 1. The maximum absolute atomic E-state index is 13.0. The van der Waals surface area contributed by atoms with Crippen molar-refractivity contribution in [1.29, 1.82) is 0 Å². The van der Waals surface area contributed by atoms with E-state index in [1.165, 1.54) is 0 Å². The molecule has 0 saturated carbocycles. The molecule has 4 rings (SSSR count). The van der Waals surface area contributed by atoms with Gasteiger partial charge in [-0.15, -0.1) is 0 Å². The minimum Gasteiger partial charge on any atom is -0.455 e. The minimum absolute atomic E-state index is 0.0902. The Balaban J connectivity index is 1.40. The number of hydrogen-bond donors (Lipinski definition) is 1. The maximum atomic E-state index is 13.0. The average Bonchev–Trinajstić information content (AvgIpc) is 3.43. The molecule has 1 aliphatic rings. The van der Waals surface area contributed by atoms with Crippen LogP contribution in [-0.4, -0.2) is 65.0 Å². The quantitative estimate of drug-likeness (QED) is 0.544. The van der Waals surface area contributed by atoms with Crippen LogP contribution in [0.2, 0.25) is 0 Å². The summed E-state index contributed by atoms with van der Waals surface area (Å²) >= 11 is 1.58. The number of aryl methyl sites for hydroxylation is 1. The number of aromatic nitrogens is 2. The highest BCUT2D eigenvalue weighted by molar-refractivity contribution is 7.98. The van der Waals surface area contributed by atoms with Gasteiger partial charge >= 0.3 is 0 Å². The van der Waals surface area contributed by atoms with Crippen LogP contribution >= 0.6 is 11.8 Å². The Hall–Kier alpha value is -2.55. The summed E-state index contributed by atoms with van der Waals surface area (Å²) in [5.74, 6) is 1.54. The number of nitrogens with one attached hydrogen (secondary N) is 1. The first-order valence-corrected chi connectivity index (χ1v) is 11.5. The van der Waals surface area contributed by atoms with Crippen LogP contribution in [0.15, 0.2) is 64.4 Å². The second kappa shape index (κ2) is 10.2. The van der Waals surface area contributed by atoms with E-state index in [0.29, 0.717) is 11.5 Å². The number of thioether (sulfide) groups is 1. The molecule has 1 saturated heterocycles. The summed E-state index contributed by atoms with van der Waals surface area (Å²) < 4.78 is 7.80. The molecule has 3 heterocycles. The lowest BCUT2D eigenvalue weighted by Crippen LogP contribution is -2.47. The predicted molar refractivity (Wildman–Crippen MR) is 122 cm³/mol. The number of piperazine rings is 1. The van der Waals surface area contributed by atoms with E-state index in [1.54, 1.807) is 24.0 Å². The van der Waals surface area contributed by atoms with Gasteiger partial charge in [0.1, 0.15) is 5.76 Å². The number of nitrogens with zero attached hydrogens (tertiary/aromatic N) is 4. The molecular weight excluding hydrogens is 410 g/mol.